The summed E-state index contributed by atoms with van der Waals surface area (Å²) < 4.78 is 1.01. The fourth-order valence-electron chi connectivity index (χ4n) is 2.74. The van der Waals surface area contributed by atoms with E-state index >= 15 is 0 Å². The topological polar surface area (TPSA) is 40.9 Å². The summed E-state index contributed by atoms with van der Waals surface area (Å²) in [6.45, 7) is 4.15. The summed E-state index contributed by atoms with van der Waals surface area (Å²) >= 11 is 9.28. The van der Waals surface area contributed by atoms with Gasteiger partial charge in [0.15, 0.2) is 5.78 Å². The van der Waals surface area contributed by atoms with E-state index in [0.717, 1.165) is 21.3 Å². The number of Topliss-reactive ketones (excluding diaryl/α,β-unsaturated/α-hetero) is 1. The van der Waals surface area contributed by atoms with Crippen LogP contribution in [0.5, 0.6) is 0 Å². The number of ketones is 1. The van der Waals surface area contributed by atoms with Crippen molar-refractivity contribution in [1.82, 2.24) is 0 Å². The molecule has 0 N–H and O–H groups in total. The molecule has 2 aromatic carbocycles. The number of halogens is 1. The zero-order valence-electron chi connectivity index (χ0n) is 15.4. The molecule has 0 fully saturated rings. The van der Waals surface area contributed by atoms with Gasteiger partial charge >= 0.3 is 0 Å². The molecule has 0 bridgehead atoms. The monoisotopic (exact) mass is 415 g/mol. The molecule has 27 heavy (non-hydrogen) atoms. The van der Waals surface area contributed by atoms with E-state index < -0.39 is 0 Å². The van der Waals surface area contributed by atoms with Crippen LogP contribution in [0.1, 0.15) is 42.1 Å². The van der Waals surface area contributed by atoms with Crippen LogP contribution in [0.25, 0.3) is 0 Å². The third-order valence-electron chi connectivity index (χ3n) is 4.00. The maximum atomic E-state index is 12.9. The molecule has 0 aliphatic heterocycles. The smallest absolute Gasteiger partial charge is 0.163 e. The van der Waals surface area contributed by atoms with Crippen molar-refractivity contribution in [3.63, 3.8) is 0 Å². The van der Waals surface area contributed by atoms with Crippen LogP contribution in [-0.2, 0) is 0 Å². The van der Waals surface area contributed by atoms with E-state index in [1.165, 1.54) is 0 Å². The van der Waals surface area contributed by atoms with E-state index in [1.54, 1.807) is 47.8 Å². The summed E-state index contributed by atoms with van der Waals surface area (Å²) in [4.78, 5) is 12.9. The van der Waals surface area contributed by atoms with E-state index in [0.29, 0.717) is 16.2 Å². The Hall–Kier alpha value is -1.67. The largest absolute Gasteiger partial charge is 0.294 e. The molecule has 0 amide bonds. The zero-order valence-corrected chi connectivity index (χ0v) is 17.8. The van der Waals surface area contributed by atoms with Gasteiger partial charge in [0.05, 0.1) is 15.9 Å². The van der Waals surface area contributed by atoms with Crippen LogP contribution < -0.4 is 0 Å². The third kappa shape index (κ3) is 6.17. The second-order valence-electron chi connectivity index (χ2n) is 5.78. The first kappa shape index (κ1) is 21.6. The van der Waals surface area contributed by atoms with Crippen molar-refractivity contribution < 1.29 is 4.79 Å². The normalized spacial score (nSPS) is 11.5. The van der Waals surface area contributed by atoms with Crippen molar-refractivity contribution in [2.75, 3.05) is 11.5 Å². The molecule has 0 spiro atoms. The van der Waals surface area contributed by atoms with Crippen LogP contribution in [-0.4, -0.2) is 17.3 Å². The number of hydrogen-bond donors (Lipinski definition) is 0. The Morgan fingerprint density at radius 3 is 2.15 bits per heavy atom. The van der Waals surface area contributed by atoms with Gasteiger partial charge in [0.1, 0.15) is 0 Å². The number of hydrogen-bond acceptors (Lipinski definition) is 4. The predicted molar refractivity (Wildman–Crippen MR) is 118 cm³/mol. The summed E-state index contributed by atoms with van der Waals surface area (Å²) in [5.74, 6) is 1.53. The molecular weight excluding hydrogens is 394 g/mol. The number of carbonyl (C=O) groups excluding carboxylic acids is 1. The van der Waals surface area contributed by atoms with E-state index in [1.807, 2.05) is 30.3 Å². The zero-order chi connectivity index (χ0) is 19.6. The number of carbonyl (C=O) groups is 1. The highest BCUT2D eigenvalue weighted by Gasteiger charge is 2.24. The highest BCUT2D eigenvalue weighted by atomic mass is 35.5. The lowest BCUT2D eigenvalue weighted by molar-refractivity contribution is 0.0977. The lowest BCUT2D eigenvalue weighted by atomic mass is 9.86. The second kappa shape index (κ2) is 11.2. The molecule has 2 aromatic rings. The maximum absolute atomic E-state index is 12.9. The van der Waals surface area contributed by atoms with Crippen LogP contribution in [0.2, 0.25) is 5.02 Å². The Bertz CT molecular complexity index is 818. The molecule has 5 heteroatoms. The summed E-state index contributed by atoms with van der Waals surface area (Å²) in [6, 6.07) is 19.1. The molecule has 0 aliphatic rings. The molecule has 2 nitrogen and oxygen atoms in total. The lowest BCUT2D eigenvalue weighted by Gasteiger charge is -2.19. The van der Waals surface area contributed by atoms with Gasteiger partial charge in [0, 0.05) is 22.9 Å². The van der Waals surface area contributed by atoms with Crippen LogP contribution in [0.15, 0.2) is 64.4 Å². The Morgan fingerprint density at radius 2 is 1.63 bits per heavy atom. The summed E-state index contributed by atoms with van der Waals surface area (Å²) in [7, 11) is 0. The van der Waals surface area contributed by atoms with Gasteiger partial charge in [-0.15, -0.1) is 23.5 Å². The quantitative estimate of drug-likeness (QED) is 0.328. The number of thioether (sulfide) groups is 2. The molecule has 1 unspecified atom stereocenters. The van der Waals surface area contributed by atoms with E-state index in [2.05, 4.69) is 19.9 Å². The van der Waals surface area contributed by atoms with Gasteiger partial charge < -0.3 is 0 Å². The SMILES string of the molecule is CCSC(SCC)=C(C#N)C(CC(=O)c1ccc(Cl)cc1)c1ccccc1. The van der Waals surface area contributed by atoms with Crippen molar-refractivity contribution in [3.05, 3.63) is 80.6 Å². The molecule has 0 heterocycles. The Labute approximate surface area is 175 Å². The van der Waals surface area contributed by atoms with Crippen LogP contribution in [0, 0.1) is 11.3 Å². The molecule has 1 atom stereocenters. The van der Waals surface area contributed by atoms with Crippen molar-refractivity contribution in [3.8, 4) is 6.07 Å². The van der Waals surface area contributed by atoms with E-state index in [9.17, 15) is 10.1 Å². The van der Waals surface area contributed by atoms with Crippen molar-refractivity contribution in [1.29, 1.82) is 5.26 Å². The Morgan fingerprint density at radius 1 is 1.04 bits per heavy atom. The van der Waals surface area contributed by atoms with Crippen molar-refractivity contribution in [2.45, 2.75) is 26.2 Å². The maximum Gasteiger partial charge on any atom is 0.163 e. The number of nitrogens with zero attached hydrogens (tertiary/aromatic N) is 1. The van der Waals surface area contributed by atoms with Crippen molar-refractivity contribution >= 4 is 40.9 Å². The first-order chi connectivity index (χ1) is 13.1. The standard InChI is InChI=1S/C22H22ClNOS2/c1-3-26-22(27-4-2)20(15-24)19(16-8-6-5-7-9-16)14-21(25)17-10-12-18(23)13-11-17/h5-13,19H,3-4,14H2,1-2H3. The first-order valence-electron chi connectivity index (χ1n) is 8.84. The van der Waals surface area contributed by atoms with Gasteiger partial charge in [-0.05, 0) is 41.3 Å². The van der Waals surface area contributed by atoms with Gasteiger partial charge in [0.2, 0.25) is 0 Å². The first-order valence-corrected chi connectivity index (χ1v) is 11.2. The number of benzene rings is 2. The van der Waals surface area contributed by atoms with Gasteiger partial charge in [0.25, 0.3) is 0 Å². The minimum atomic E-state index is -0.257. The molecule has 0 saturated heterocycles. The van der Waals surface area contributed by atoms with Gasteiger partial charge in [-0.3, -0.25) is 4.79 Å². The Balaban J connectivity index is 2.44. The molecule has 0 radical (unpaired) electrons. The van der Waals surface area contributed by atoms with Crippen LogP contribution in [0.3, 0.4) is 0 Å². The summed E-state index contributed by atoms with van der Waals surface area (Å²) in [5, 5.41) is 10.5. The molecular formula is C22H22ClNOS2. The fourth-order valence-corrected chi connectivity index (χ4v) is 5.11. The van der Waals surface area contributed by atoms with Crippen LogP contribution in [0.4, 0.5) is 0 Å². The van der Waals surface area contributed by atoms with Crippen molar-refractivity contribution in [2.24, 2.45) is 0 Å². The molecule has 2 rings (SSSR count). The molecule has 0 saturated carbocycles. The second-order valence-corrected chi connectivity index (χ2v) is 9.02. The minimum Gasteiger partial charge on any atom is -0.294 e. The van der Waals surface area contributed by atoms with Gasteiger partial charge in [-0.2, -0.15) is 5.26 Å². The van der Waals surface area contributed by atoms with E-state index in [4.69, 9.17) is 11.6 Å². The number of allylic oxidation sites excluding steroid dienone is 1. The van der Waals surface area contributed by atoms with E-state index in [-0.39, 0.29) is 18.1 Å². The third-order valence-corrected chi connectivity index (χ3v) is 6.50. The summed E-state index contributed by atoms with van der Waals surface area (Å²) in [6.07, 6.45) is 0.257. The highest BCUT2D eigenvalue weighted by molar-refractivity contribution is 8.22. The number of nitriles is 1. The average Bonchev–Trinajstić information content (AvgIpc) is 2.69. The fraction of sp³-hybridized carbons (Fsp3) is 0.273. The molecule has 0 aromatic heterocycles. The lowest BCUT2D eigenvalue weighted by Crippen LogP contribution is -2.11. The van der Waals surface area contributed by atoms with Gasteiger partial charge in [-0.1, -0.05) is 55.8 Å². The number of rotatable bonds is 9. The van der Waals surface area contributed by atoms with Crippen LogP contribution >= 0.6 is 35.1 Å². The summed E-state index contributed by atoms with van der Waals surface area (Å²) in [5.41, 5.74) is 2.29. The van der Waals surface area contributed by atoms with Gasteiger partial charge in [-0.25, -0.2) is 0 Å². The molecule has 140 valence electrons. The predicted octanol–water partition coefficient (Wildman–Crippen LogP) is 6.94. The minimum absolute atomic E-state index is 0.00983. The highest BCUT2D eigenvalue weighted by Crippen LogP contribution is 2.39. The Kier molecular flexibility index (Phi) is 9.00. The molecule has 0 aliphatic carbocycles. The average molecular weight is 416 g/mol.